The highest BCUT2D eigenvalue weighted by molar-refractivity contribution is 5.49. The molecule has 1 aliphatic rings. The maximum absolute atomic E-state index is 4.63. The number of hydrogen-bond donors (Lipinski definition) is 1. The van der Waals surface area contributed by atoms with E-state index in [-0.39, 0.29) is 0 Å². The Morgan fingerprint density at radius 3 is 2.83 bits per heavy atom. The Labute approximate surface area is 139 Å². The van der Waals surface area contributed by atoms with Gasteiger partial charge in [-0.3, -0.25) is 0 Å². The standard InChI is InChI=1S/C19H26N4/c1-15-7-6-12-23(14-15)19-13-18(21-16(2)22-19)20-11-10-17-8-4-3-5-9-17/h3-5,8-9,13,15H,6-7,10-12,14H2,1-2H3,(H,20,21,22). The van der Waals surface area contributed by atoms with Gasteiger partial charge in [-0.15, -0.1) is 0 Å². The Hall–Kier alpha value is -2.10. The fourth-order valence-corrected chi connectivity index (χ4v) is 3.18. The van der Waals surface area contributed by atoms with Crippen molar-refractivity contribution >= 4 is 11.6 Å². The summed E-state index contributed by atoms with van der Waals surface area (Å²) in [6.45, 7) is 7.37. The fraction of sp³-hybridized carbons (Fsp3) is 0.474. The molecule has 1 atom stereocenters. The van der Waals surface area contributed by atoms with Crippen LogP contribution < -0.4 is 10.2 Å². The number of aryl methyl sites for hydroxylation is 1. The molecule has 4 heteroatoms. The van der Waals surface area contributed by atoms with Gasteiger partial charge in [-0.1, -0.05) is 37.3 Å². The number of anilines is 2. The molecule has 0 spiro atoms. The molecule has 2 aromatic rings. The van der Waals surface area contributed by atoms with Gasteiger partial charge < -0.3 is 10.2 Å². The van der Waals surface area contributed by atoms with Crippen molar-refractivity contribution in [3.05, 3.63) is 47.8 Å². The van der Waals surface area contributed by atoms with Crippen LogP contribution >= 0.6 is 0 Å². The van der Waals surface area contributed by atoms with Crippen LogP contribution in [0.3, 0.4) is 0 Å². The average Bonchev–Trinajstić information content (AvgIpc) is 2.55. The molecule has 4 nitrogen and oxygen atoms in total. The lowest BCUT2D eigenvalue weighted by atomic mass is 10.0. The van der Waals surface area contributed by atoms with Gasteiger partial charge in [0.05, 0.1) is 0 Å². The van der Waals surface area contributed by atoms with Gasteiger partial charge in [-0.2, -0.15) is 0 Å². The molecule has 0 radical (unpaired) electrons. The van der Waals surface area contributed by atoms with E-state index in [0.29, 0.717) is 0 Å². The summed E-state index contributed by atoms with van der Waals surface area (Å²) in [6.07, 6.45) is 3.57. The second-order valence-electron chi connectivity index (χ2n) is 6.51. The molecule has 1 aromatic carbocycles. The van der Waals surface area contributed by atoms with Crippen LogP contribution in [0.15, 0.2) is 36.4 Å². The number of hydrogen-bond acceptors (Lipinski definition) is 4. The number of benzene rings is 1. The SMILES string of the molecule is Cc1nc(NCCc2ccccc2)cc(N2CCCC(C)C2)n1. The van der Waals surface area contributed by atoms with Crippen LogP contribution in [0.1, 0.15) is 31.2 Å². The van der Waals surface area contributed by atoms with Crippen molar-refractivity contribution in [3.63, 3.8) is 0 Å². The summed E-state index contributed by atoms with van der Waals surface area (Å²) in [5.74, 6) is 3.57. The zero-order valence-corrected chi connectivity index (χ0v) is 14.1. The van der Waals surface area contributed by atoms with E-state index in [2.05, 4.69) is 63.5 Å². The van der Waals surface area contributed by atoms with Crippen molar-refractivity contribution in [2.75, 3.05) is 29.9 Å². The van der Waals surface area contributed by atoms with Gasteiger partial charge in [-0.05, 0) is 37.7 Å². The van der Waals surface area contributed by atoms with Crippen LogP contribution in [0.2, 0.25) is 0 Å². The smallest absolute Gasteiger partial charge is 0.134 e. The minimum absolute atomic E-state index is 0.744. The molecular formula is C19H26N4. The Morgan fingerprint density at radius 2 is 2.04 bits per heavy atom. The summed E-state index contributed by atoms with van der Waals surface area (Å²) in [6, 6.07) is 12.6. The first-order valence-electron chi connectivity index (χ1n) is 8.59. The largest absolute Gasteiger partial charge is 0.370 e. The second kappa shape index (κ2) is 7.44. The van der Waals surface area contributed by atoms with Crippen LogP contribution in [0, 0.1) is 12.8 Å². The third-order valence-electron chi connectivity index (χ3n) is 4.37. The summed E-state index contributed by atoms with van der Waals surface area (Å²) in [5, 5.41) is 3.45. The van der Waals surface area contributed by atoms with E-state index >= 15 is 0 Å². The molecule has 0 bridgehead atoms. The predicted molar refractivity (Wildman–Crippen MR) is 96.0 cm³/mol. The summed E-state index contributed by atoms with van der Waals surface area (Å²) in [4.78, 5) is 11.6. The number of nitrogens with zero attached hydrogens (tertiary/aromatic N) is 3. The number of aromatic nitrogens is 2. The van der Waals surface area contributed by atoms with E-state index in [4.69, 9.17) is 0 Å². The Bertz CT molecular complexity index is 627. The summed E-state index contributed by atoms with van der Waals surface area (Å²) in [7, 11) is 0. The Kier molecular flexibility index (Phi) is 5.11. The zero-order chi connectivity index (χ0) is 16.1. The highest BCUT2D eigenvalue weighted by Crippen LogP contribution is 2.23. The predicted octanol–water partition coefficient (Wildman–Crippen LogP) is 3.68. The van der Waals surface area contributed by atoms with Gasteiger partial charge in [0.25, 0.3) is 0 Å². The molecule has 1 unspecified atom stereocenters. The molecule has 0 amide bonds. The average molecular weight is 310 g/mol. The van der Waals surface area contributed by atoms with Crippen molar-refractivity contribution in [1.82, 2.24) is 9.97 Å². The molecule has 2 heterocycles. The van der Waals surface area contributed by atoms with Crippen LogP contribution in [-0.4, -0.2) is 29.6 Å². The van der Waals surface area contributed by atoms with Crippen molar-refractivity contribution in [2.24, 2.45) is 5.92 Å². The third kappa shape index (κ3) is 4.44. The van der Waals surface area contributed by atoms with E-state index in [0.717, 1.165) is 49.4 Å². The van der Waals surface area contributed by atoms with Crippen molar-refractivity contribution < 1.29 is 0 Å². The summed E-state index contributed by atoms with van der Waals surface area (Å²) in [5.41, 5.74) is 1.34. The van der Waals surface area contributed by atoms with Crippen LogP contribution in [0.5, 0.6) is 0 Å². The normalized spacial score (nSPS) is 18.0. The van der Waals surface area contributed by atoms with Crippen molar-refractivity contribution in [3.8, 4) is 0 Å². The highest BCUT2D eigenvalue weighted by atomic mass is 15.2. The molecule has 122 valence electrons. The zero-order valence-electron chi connectivity index (χ0n) is 14.1. The molecule has 1 aromatic heterocycles. The summed E-state index contributed by atoms with van der Waals surface area (Å²) >= 11 is 0. The molecule has 0 aliphatic carbocycles. The molecule has 23 heavy (non-hydrogen) atoms. The van der Waals surface area contributed by atoms with Gasteiger partial charge in [0.15, 0.2) is 0 Å². The van der Waals surface area contributed by atoms with E-state index in [1.165, 1.54) is 18.4 Å². The highest BCUT2D eigenvalue weighted by Gasteiger charge is 2.18. The number of nitrogens with one attached hydrogen (secondary N) is 1. The molecule has 3 rings (SSSR count). The second-order valence-corrected chi connectivity index (χ2v) is 6.51. The Morgan fingerprint density at radius 1 is 1.22 bits per heavy atom. The van der Waals surface area contributed by atoms with Gasteiger partial charge in [0, 0.05) is 25.7 Å². The summed E-state index contributed by atoms with van der Waals surface area (Å²) < 4.78 is 0. The van der Waals surface area contributed by atoms with Crippen LogP contribution in [-0.2, 0) is 6.42 Å². The van der Waals surface area contributed by atoms with Gasteiger partial charge in [0.1, 0.15) is 17.5 Å². The number of piperidine rings is 1. The first-order chi connectivity index (χ1) is 11.2. The lowest BCUT2D eigenvalue weighted by Crippen LogP contribution is -2.35. The topological polar surface area (TPSA) is 41.1 Å². The first-order valence-corrected chi connectivity index (χ1v) is 8.59. The number of rotatable bonds is 5. The van der Waals surface area contributed by atoms with E-state index in [1.54, 1.807) is 0 Å². The fourth-order valence-electron chi connectivity index (χ4n) is 3.18. The monoisotopic (exact) mass is 310 g/mol. The van der Waals surface area contributed by atoms with Crippen LogP contribution in [0.25, 0.3) is 0 Å². The van der Waals surface area contributed by atoms with Gasteiger partial charge in [-0.25, -0.2) is 9.97 Å². The van der Waals surface area contributed by atoms with Crippen LogP contribution in [0.4, 0.5) is 11.6 Å². The van der Waals surface area contributed by atoms with E-state index in [1.807, 2.05) is 6.92 Å². The quantitative estimate of drug-likeness (QED) is 0.915. The molecule has 1 N–H and O–H groups in total. The first kappa shape index (κ1) is 15.8. The molecule has 1 saturated heterocycles. The minimum atomic E-state index is 0.744. The Balaban J connectivity index is 1.63. The lowest BCUT2D eigenvalue weighted by Gasteiger charge is -2.32. The van der Waals surface area contributed by atoms with Gasteiger partial charge in [0.2, 0.25) is 0 Å². The van der Waals surface area contributed by atoms with Gasteiger partial charge >= 0.3 is 0 Å². The van der Waals surface area contributed by atoms with Crippen molar-refractivity contribution in [1.29, 1.82) is 0 Å². The maximum Gasteiger partial charge on any atom is 0.134 e. The van der Waals surface area contributed by atoms with E-state index in [9.17, 15) is 0 Å². The maximum atomic E-state index is 4.63. The van der Waals surface area contributed by atoms with Crippen molar-refractivity contribution in [2.45, 2.75) is 33.1 Å². The molecule has 1 fully saturated rings. The molecular weight excluding hydrogens is 284 g/mol. The minimum Gasteiger partial charge on any atom is -0.370 e. The third-order valence-corrected chi connectivity index (χ3v) is 4.37. The molecule has 0 saturated carbocycles. The lowest BCUT2D eigenvalue weighted by molar-refractivity contribution is 0.444. The molecule has 1 aliphatic heterocycles. The van der Waals surface area contributed by atoms with E-state index < -0.39 is 0 Å².